The van der Waals surface area contributed by atoms with Gasteiger partial charge in [-0.1, -0.05) is 68.2 Å². The van der Waals surface area contributed by atoms with Crippen molar-refractivity contribution in [1.29, 1.82) is 0 Å². The molecule has 2 fully saturated rings. The van der Waals surface area contributed by atoms with Crippen LogP contribution in [0.4, 0.5) is 10.2 Å². The van der Waals surface area contributed by atoms with E-state index in [4.69, 9.17) is 43.1 Å². The second-order valence-electron chi connectivity index (χ2n) is 19.0. The van der Waals surface area contributed by atoms with Gasteiger partial charge in [-0.05, 0) is 60.1 Å². The number of rotatable bonds is 21. The van der Waals surface area contributed by atoms with Crippen molar-refractivity contribution in [2.45, 2.75) is 97.0 Å². The highest BCUT2D eigenvalue weighted by molar-refractivity contribution is 7.13. The zero-order valence-electron chi connectivity index (χ0n) is 40.9. The molecule has 3 atom stereocenters. The van der Waals surface area contributed by atoms with Gasteiger partial charge in [0, 0.05) is 74.0 Å². The highest BCUT2D eigenvalue weighted by atomic mass is 35.5. The fraction of sp³-hybridized carbons (Fsp3) is 0.471. The van der Waals surface area contributed by atoms with Crippen LogP contribution in [0, 0.1) is 18.2 Å². The summed E-state index contributed by atoms with van der Waals surface area (Å²) in [6, 6.07) is 10.5. The quantitative estimate of drug-likeness (QED) is 0.0441. The number of anilines is 1. The van der Waals surface area contributed by atoms with Gasteiger partial charge in [0.05, 0.1) is 78.9 Å². The van der Waals surface area contributed by atoms with Gasteiger partial charge in [0.1, 0.15) is 17.9 Å². The first kappa shape index (κ1) is 54.1. The van der Waals surface area contributed by atoms with E-state index in [2.05, 4.69) is 25.7 Å². The Morgan fingerprint density at radius 3 is 2.36 bits per heavy atom. The lowest BCUT2D eigenvalue weighted by atomic mass is 9.85. The third-order valence-corrected chi connectivity index (χ3v) is 14.5. The minimum atomic E-state index is -0.956. The predicted octanol–water partition coefficient (Wildman–Crippen LogP) is 6.81. The van der Waals surface area contributed by atoms with Crippen molar-refractivity contribution in [3.8, 4) is 27.3 Å². The summed E-state index contributed by atoms with van der Waals surface area (Å²) in [5.41, 5.74) is 12.1. The number of aliphatic hydroxyl groups excluding tert-OH is 1. The number of aliphatic hydroxyl groups is 1. The van der Waals surface area contributed by atoms with Crippen LogP contribution in [-0.4, -0.2) is 129 Å². The first-order valence-electron chi connectivity index (χ1n) is 24.0. The summed E-state index contributed by atoms with van der Waals surface area (Å²) < 4.78 is 33.1. The highest BCUT2D eigenvalue weighted by Crippen LogP contribution is 2.32. The Morgan fingerprint density at radius 1 is 0.944 bits per heavy atom. The molecule has 0 bridgehead atoms. The lowest BCUT2D eigenvalue weighted by molar-refractivity contribution is -0.144. The molecule has 5 aromatic rings. The Morgan fingerprint density at radius 2 is 1.67 bits per heavy atom. The number of nitrogens with two attached hydrogens (primary N) is 1. The Kier molecular flexibility index (Phi) is 18.6. The minimum absolute atomic E-state index is 0.00267. The first-order chi connectivity index (χ1) is 34.5. The largest absolute Gasteiger partial charge is 0.489 e. The number of amides is 4. The molecule has 0 radical (unpaired) electrons. The summed E-state index contributed by atoms with van der Waals surface area (Å²) >= 11 is 13.9. The number of hydrogen-bond acceptors (Lipinski definition) is 13. The smallest absolute Gasteiger partial charge is 0.246 e. The van der Waals surface area contributed by atoms with Crippen LogP contribution in [0.5, 0.6) is 5.75 Å². The summed E-state index contributed by atoms with van der Waals surface area (Å²) in [7, 11) is 0. The van der Waals surface area contributed by atoms with Gasteiger partial charge in [-0.2, -0.15) is 5.10 Å². The maximum Gasteiger partial charge on any atom is 0.246 e. The average molecular weight is 1050 g/mol. The molecule has 7 rings (SSSR count). The number of carbonyl (C=O) groups is 4. The molecule has 72 heavy (non-hydrogen) atoms. The van der Waals surface area contributed by atoms with Gasteiger partial charge in [0.15, 0.2) is 11.6 Å². The molecule has 5 N–H and O–H groups in total. The number of nitrogens with one attached hydrogen (secondary N) is 2. The van der Waals surface area contributed by atoms with E-state index in [-0.39, 0.29) is 101 Å². The van der Waals surface area contributed by atoms with Gasteiger partial charge in [0.2, 0.25) is 23.6 Å². The number of ether oxygens (including phenoxy) is 3. The SMILES string of the molecule is Cc1ncsc1-c1ccc(CNC(=O)[C@@H]2C[C@@H](O)CN2C(=O)[C@@H](NC(=O)CCOCCOCCC(=O)N2CCC(n3cc(-c4cnc(N)c(OCCc5c(Cl)ccc(F)c5Cl)c4)cn3)CC2)C(C)(C)C)cc1. The number of piperidine rings is 1. The zero-order valence-corrected chi connectivity index (χ0v) is 43.2. The maximum absolute atomic E-state index is 14.0. The standard InChI is InChI=1S/C51H62Cl2FN9O8S/c1-31-46(72-30-58-31)33-7-5-32(6-8-33)25-57-49(67)41-24-37(64)29-62(41)50(68)47(51(2,3)4)60-43(65)14-18-69-21-22-70-19-15-44(66)61-16-11-36(12-17-61)63-28-35(27-59-63)34-23-42(48(55)56-26-34)71-20-13-38-39(52)9-10-40(54)45(38)53/h5-10,23,26-28,30,36-37,41,47,64H,11-22,24-25,29H2,1-4H3,(H2,55,56)(H,57,67)(H,60,65)/t37-,41+,47-/m1/s1. The first-order valence-corrected chi connectivity index (χ1v) is 25.6. The maximum atomic E-state index is 14.0. The van der Waals surface area contributed by atoms with Crippen molar-refractivity contribution >= 4 is 64.0 Å². The van der Waals surface area contributed by atoms with E-state index in [0.717, 1.165) is 45.7 Å². The van der Waals surface area contributed by atoms with Crippen LogP contribution in [0.15, 0.2) is 66.6 Å². The van der Waals surface area contributed by atoms with Gasteiger partial charge < -0.3 is 45.5 Å². The molecule has 0 saturated carbocycles. The van der Waals surface area contributed by atoms with Crippen molar-refractivity contribution in [3.05, 3.63) is 99.2 Å². The Bertz CT molecular complexity index is 2670. The molecule has 0 aliphatic carbocycles. The lowest BCUT2D eigenvalue weighted by Gasteiger charge is -2.35. The fourth-order valence-corrected chi connectivity index (χ4v) is 10.0. The molecule has 2 aliphatic rings. The average Bonchev–Trinajstić information content (AvgIpc) is 4.13. The molecule has 17 nitrogen and oxygen atoms in total. The van der Waals surface area contributed by atoms with E-state index in [9.17, 15) is 28.7 Å². The zero-order chi connectivity index (χ0) is 51.5. The summed E-state index contributed by atoms with van der Waals surface area (Å²) in [5, 5.41) is 21.3. The van der Waals surface area contributed by atoms with Gasteiger partial charge >= 0.3 is 0 Å². The van der Waals surface area contributed by atoms with Gasteiger partial charge in [0.25, 0.3) is 0 Å². The summed E-state index contributed by atoms with van der Waals surface area (Å²) in [6.45, 7) is 9.73. The summed E-state index contributed by atoms with van der Waals surface area (Å²) in [6.07, 6.45) is 6.47. The number of carbonyl (C=O) groups excluding carboxylic acids is 4. The van der Waals surface area contributed by atoms with E-state index in [1.807, 2.05) is 67.7 Å². The van der Waals surface area contributed by atoms with Gasteiger partial charge in [-0.25, -0.2) is 14.4 Å². The molecule has 21 heteroatoms. The fourth-order valence-electron chi connectivity index (χ4n) is 8.67. The number of pyridine rings is 1. The number of aromatic nitrogens is 4. The number of nitrogen functional groups attached to an aromatic ring is 1. The number of benzene rings is 2. The topological polar surface area (TPSA) is 216 Å². The molecule has 4 amide bonds. The van der Waals surface area contributed by atoms with Crippen LogP contribution < -0.4 is 21.1 Å². The van der Waals surface area contributed by atoms with Crippen LogP contribution in [0.25, 0.3) is 21.6 Å². The number of hydrogen-bond donors (Lipinski definition) is 4. The van der Waals surface area contributed by atoms with E-state index in [1.54, 1.807) is 35.3 Å². The van der Waals surface area contributed by atoms with Crippen molar-refractivity contribution < 1.29 is 42.9 Å². The molecule has 2 aromatic carbocycles. The van der Waals surface area contributed by atoms with Crippen molar-refractivity contribution in [2.24, 2.45) is 5.41 Å². The lowest BCUT2D eigenvalue weighted by Crippen LogP contribution is -2.57. The molecule has 2 saturated heterocycles. The van der Waals surface area contributed by atoms with Crippen molar-refractivity contribution in [3.63, 3.8) is 0 Å². The highest BCUT2D eigenvalue weighted by Gasteiger charge is 2.44. The number of thiazole rings is 1. The van der Waals surface area contributed by atoms with Crippen molar-refractivity contribution in [1.82, 2.24) is 40.2 Å². The Balaban J connectivity index is 0.769. The molecule has 5 heterocycles. The van der Waals surface area contributed by atoms with Crippen LogP contribution in [-0.2, 0) is 41.6 Å². The van der Waals surface area contributed by atoms with Crippen LogP contribution >= 0.6 is 34.5 Å². The van der Waals surface area contributed by atoms with E-state index in [1.165, 1.54) is 17.0 Å². The number of nitrogens with zero attached hydrogens (tertiary/aromatic N) is 6. The Hall–Kier alpha value is -5.70. The Labute approximate surface area is 432 Å². The minimum Gasteiger partial charge on any atom is -0.489 e. The number of aryl methyl sites for hydroxylation is 1. The van der Waals surface area contributed by atoms with Crippen molar-refractivity contribution in [2.75, 3.05) is 58.4 Å². The molecular formula is C51H62Cl2FN9O8S. The van der Waals surface area contributed by atoms with Crippen LogP contribution in [0.1, 0.15) is 75.7 Å². The van der Waals surface area contributed by atoms with Crippen LogP contribution in [0.2, 0.25) is 10.0 Å². The van der Waals surface area contributed by atoms with E-state index < -0.39 is 41.2 Å². The summed E-state index contributed by atoms with van der Waals surface area (Å²) in [4.78, 5) is 66.4. The molecule has 3 aromatic heterocycles. The molecule has 2 aliphatic heterocycles. The normalized spacial score (nSPS) is 16.7. The predicted molar refractivity (Wildman–Crippen MR) is 273 cm³/mol. The number of β-amino-alcohol motifs (C(OH)–C–C–N with tert-alkyl or cyclic N) is 1. The third-order valence-electron chi connectivity index (χ3n) is 12.8. The van der Waals surface area contributed by atoms with Crippen LogP contribution in [0.3, 0.4) is 0 Å². The summed E-state index contributed by atoms with van der Waals surface area (Å²) in [5.74, 6) is -1.20. The number of likely N-dealkylation sites (tertiary alicyclic amines) is 2. The second kappa shape index (κ2) is 24.8. The third kappa shape index (κ3) is 14.1. The van der Waals surface area contributed by atoms with Gasteiger partial charge in [-0.15, -0.1) is 11.3 Å². The molecule has 0 spiro atoms. The van der Waals surface area contributed by atoms with E-state index in [0.29, 0.717) is 29.4 Å². The molecule has 386 valence electrons. The van der Waals surface area contributed by atoms with Gasteiger partial charge in [-0.3, -0.25) is 23.9 Å². The van der Waals surface area contributed by atoms with E-state index >= 15 is 0 Å². The second-order valence-corrected chi connectivity index (χ2v) is 20.7. The molecule has 0 unspecified atom stereocenters. The molecular weight excluding hydrogens is 989 g/mol. The monoisotopic (exact) mass is 1050 g/mol. The number of halogens is 3.